The van der Waals surface area contributed by atoms with Gasteiger partial charge in [0.2, 0.25) is 0 Å². The molecule has 0 aliphatic carbocycles. The molecule has 68 valence electrons. The Kier molecular flexibility index (Phi) is 3.87. The lowest BCUT2D eigenvalue weighted by molar-refractivity contribution is 1.02. The van der Waals surface area contributed by atoms with Crippen LogP contribution in [0.25, 0.3) is 0 Å². The van der Waals surface area contributed by atoms with Crippen molar-refractivity contribution in [2.75, 3.05) is 0 Å². The fraction of sp³-hybridized carbons (Fsp3) is 0.222. The van der Waals surface area contributed by atoms with E-state index in [1.165, 1.54) is 0 Å². The molecule has 0 aliphatic rings. The highest BCUT2D eigenvalue weighted by atomic mass is 35.5. The van der Waals surface area contributed by atoms with Gasteiger partial charge in [0.25, 0.3) is 0 Å². The molecule has 1 atom stereocenters. The SMILES string of the molecule is N#CC(Cl)Cc1cc(Cl)cc(Cl)c1. The minimum atomic E-state index is -0.533. The van der Waals surface area contributed by atoms with Gasteiger partial charge in [0, 0.05) is 16.5 Å². The van der Waals surface area contributed by atoms with E-state index < -0.39 is 5.38 Å². The van der Waals surface area contributed by atoms with Crippen LogP contribution in [0.2, 0.25) is 10.0 Å². The summed E-state index contributed by atoms with van der Waals surface area (Å²) in [6.07, 6.45) is 0.457. The third kappa shape index (κ3) is 3.44. The Balaban J connectivity index is 2.84. The van der Waals surface area contributed by atoms with Crippen LogP contribution in [0.5, 0.6) is 0 Å². The van der Waals surface area contributed by atoms with E-state index in [0.29, 0.717) is 16.5 Å². The molecule has 4 heteroatoms. The van der Waals surface area contributed by atoms with Crippen molar-refractivity contribution in [1.29, 1.82) is 5.26 Å². The topological polar surface area (TPSA) is 23.8 Å². The molecule has 0 aliphatic heterocycles. The summed E-state index contributed by atoms with van der Waals surface area (Å²) in [6.45, 7) is 0. The number of hydrogen-bond acceptors (Lipinski definition) is 1. The van der Waals surface area contributed by atoms with E-state index in [1.54, 1.807) is 18.2 Å². The lowest BCUT2D eigenvalue weighted by Gasteiger charge is -2.02. The number of alkyl halides is 1. The quantitative estimate of drug-likeness (QED) is 0.716. The predicted octanol–water partition coefficient (Wildman–Crippen LogP) is 3.67. The van der Waals surface area contributed by atoms with Gasteiger partial charge in [0.05, 0.1) is 6.07 Å². The molecule has 0 aromatic heterocycles. The largest absolute Gasteiger partial charge is 0.197 e. The van der Waals surface area contributed by atoms with Crippen molar-refractivity contribution in [3.8, 4) is 6.07 Å². The van der Waals surface area contributed by atoms with Crippen LogP contribution in [0.3, 0.4) is 0 Å². The maximum Gasteiger partial charge on any atom is 0.124 e. The molecule has 1 rings (SSSR count). The van der Waals surface area contributed by atoms with Crippen LogP contribution < -0.4 is 0 Å². The van der Waals surface area contributed by atoms with Crippen molar-refractivity contribution in [2.45, 2.75) is 11.8 Å². The summed E-state index contributed by atoms with van der Waals surface area (Å²) in [6, 6.07) is 7.07. The van der Waals surface area contributed by atoms with Crippen molar-refractivity contribution in [3.63, 3.8) is 0 Å². The summed E-state index contributed by atoms with van der Waals surface area (Å²) in [5.41, 5.74) is 0.874. The fourth-order valence-electron chi connectivity index (χ4n) is 0.981. The first-order valence-corrected chi connectivity index (χ1v) is 4.79. The van der Waals surface area contributed by atoms with Crippen molar-refractivity contribution < 1.29 is 0 Å². The third-order valence-electron chi connectivity index (χ3n) is 1.48. The second-order valence-corrected chi connectivity index (χ2v) is 3.98. The van der Waals surface area contributed by atoms with E-state index in [9.17, 15) is 0 Å². The molecule has 1 aromatic carbocycles. The van der Waals surface area contributed by atoms with E-state index in [2.05, 4.69) is 0 Å². The Morgan fingerprint density at radius 1 is 1.23 bits per heavy atom. The van der Waals surface area contributed by atoms with Gasteiger partial charge in [-0.15, -0.1) is 11.6 Å². The second kappa shape index (κ2) is 4.72. The summed E-state index contributed by atoms with van der Waals surface area (Å²) in [5, 5.41) is 9.07. The predicted molar refractivity (Wildman–Crippen MR) is 55.4 cm³/mol. The minimum Gasteiger partial charge on any atom is -0.197 e. The van der Waals surface area contributed by atoms with E-state index in [0.717, 1.165) is 5.56 Å². The molecule has 0 bridgehead atoms. The Bertz CT molecular complexity index is 323. The number of halogens is 3. The van der Waals surface area contributed by atoms with Crippen molar-refractivity contribution >= 4 is 34.8 Å². The number of nitriles is 1. The van der Waals surface area contributed by atoms with Crippen LogP contribution in [0, 0.1) is 11.3 Å². The van der Waals surface area contributed by atoms with E-state index in [4.69, 9.17) is 40.1 Å². The number of hydrogen-bond donors (Lipinski definition) is 0. The van der Waals surface area contributed by atoms with Gasteiger partial charge in [0.1, 0.15) is 5.38 Å². The van der Waals surface area contributed by atoms with Gasteiger partial charge in [-0.1, -0.05) is 23.2 Å². The van der Waals surface area contributed by atoms with E-state index >= 15 is 0 Å². The van der Waals surface area contributed by atoms with Gasteiger partial charge in [-0.2, -0.15) is 5.26 Å². The Morgan fingerprint density at radius 2 is 1.77 bits per heavy atom. The first-order valence-electron chi connectivity index (χ1n) is 3.60. The van der Waals surface area contributed by atoms with Crippen LogP contribution in [0.4, 0.5) is 0 Å². The minimum absolute atomic E-state index is 0.457. The standard InChI is InChI=1S/C9H6Cl3N/c10-7-1-6(2-8(11)4-7)3-9(12)5-13/h1-2,4,9H,3H2. The zero-order valence-electron chi connectivity index (χ0n) is 6.60. The van der Waals surface area contributed by atoms with Gasteiger partial charge < -0.3 is 0 Å². The molecule has 0 heterocycles. The van der Waals surface area contributed by atoms with Crippen molar-refractivity contribution in [2.24, 2.45) is 0 Å². The molecule has 0 amide bonds. The average Bonchev–Trinajstić information content (AvgIpc) is 2.02. The molecule has 13 heavy (non-hydrogen) atoms. The molecule has 0 spiro atoms. The number of rotatable bonds is 2. The maximum absolute atomic E-state index is 8.49. The highest BCUT2D eigenvalue weighted by molar-refractivity contribution is 6.34. The zero-order valence-corrected chi connectivity index (χ0v) is 8.87. The smallest absolute Gasteiger partial charge is 0.124 e. The molecule has 1 aromatic rings. The molecular weight excluding hydrogens is 228 g/mol. The van der Waals surface area contributed by atoms with Crippen molar-refractivity contribution in [1.82, 2.24) is 0 Å². The Morgan fingerprint density at radius 3 is 2.23 bits per heavy atom. The lowest BCUT2D eigenvalue weighted by Crippen LogP contribution is -1.99. The monoisotopic (exact) mass is 233 g/mol. The molecule has 0 saturated carbocycles. The Hall–Kier alpha value is -0.420. The maximum atomic E-state index is 8.49. The van der Waals surface area contributed by atoms with Crippen molar-refractivity contribution in [3.05, 3.63) is 33.8 Å². The summed E-state index contributed by atoms with van der Waals surface area (Å²) in [4.78, 5) is 0. The van der Waals surface area contributed by atoms with Crippen LogP contribution in [0.15, 0.2) is 18.2 Å². The number of nitrogens with zero attached hydrogens (tertiary/aromatic N) is 1. The van der Waals surface area contributed by atoms with Crippen LogP contribution in [0.1, 0.15) is 5.56 Å². The van der Waals surface area contributed by atoms with Crippen LogP contribution in [-0.2, 0) is 6.42 Å². The first-order chi connectivity index (χ1) is 6.11. The molecule has 0 fully saturated rings. The summed E-state index contributed by atoms with van der Waals surface area (Å²) in [5.74, 6) is 0. The Labute approximate surface area is 91.8 Å². The lowest BCUT2D eigenvalue weighted by atomic mass is 10.1. The average molecular weight is 235 g/mol. The summed E-state index contributed by atoms with van der Waals surface area (Å²) >= 11 is 17.2. The molecule has 0 saturated heterocycles. The molecule has 0 N–H and O–H groups in total. The van der Waals surface area contributed by atoms with Crippen LogP contribution in [-0.4, -0.2) is 5.38 Å². The zero-order chi connectivity index (χ0) is 9.84. The molecule has 1 nitrogen and oxygen atoms in total. The van der Waals surface area contributed by atoms with E-state index in [-0.39, 0.29) is 0 Å². The molecular formula is C9H6Cl3N. The van der Waals surface area contributed by atoms with E-state index in [1.807, 2.05) is 6.07 Å². The highest BCUT2D eigenvalue weighted by Gasteiger charge is 2.05. The van der Waals surface area contributed by atoms with Gasteiger partial charge >= 0.3 is 0 Å². The third-order valence-corrected chi connectivity index (χ3v) is 2.17. The summed E-state index contributed by atoms with van der Waals surface area (Å²) < 4.78 is 0. The number of benzene rings is 1. The summed E-state index contributed by atoms with van der Waals surface area (Å²) in [7, 11) is 0. The van der Waals surface area contributed by atoms with Gasteiger partial charge in [-0.3, -0.25) is 0 Å². The van der Waals surface area contributed by atoms with Gasteiger partial charge in [-0.05, 0) is 23.8 Å². The molecule has 1 unspecified atom stereocenters. The van der Waals surface area contributed by atoms with Gasteiger partial charge in [-0.25, -0.2) is 0 Å². The van der Waals surface area contributed by atoms with Gasteiger partial charge in [0.15, 0.2) is 0 Å². The fourth-order valence-corrected chi connectivity index (χ4v) is 1.73. The molecule has 0 radical (unpaired) electrons. The highest BCUT2D eigenvalue weighted by Crippen LogP contribution is 2.20. The van der Waals surface area contributed by atoms with Crippen LogP contribution >= 0.6 is 34.8 Å². The first kappa shape index (κ1) is 10.7. The second-order valence-electron chi connectivity index (χ2n) is 2.58. The normalized spacial score (nSPS) is 12.2.